The van der Waals surface area contributed by atoms with Gasteiger partial charge in [-0.05, 0) is 18.2 Å². The van der Waals surface area contributed by atoms with Gasteiger partial charge in [0.15, 0.2) is 0 Å². The van der Waals surface area contributed by atoms with Gasteiger partial charge in [0, 0.05) is 27.1 Å². The zero-order valence-electron chi connectivity index (χ0n) is 16.3. The molecule has 3 fully saturated rings. The van der Waals surface area contributed by atoms with Crippen LogP contribution in [0.3, 0.4) is 0 Å². The Labute approximate surface area is 167 Å². The molecule has 0 bridgehead atoms. The molecule has 3 aliphatic heterocycles. The van der Waals surface area contributed by atoms with E-state index in [1.807, 2.05) is 4.90 Å². The molecule has 3 amide bonds. The molecule has 156 valence electrons. The van der Waals surface area contributed by atoms with Gasteiger partial charge in [0.05, 0.1) is 36.5 Å². The van der Waals surface area contributed by atoms with E-state index in [0.717, 1.165) is 0 Å². The van der Waals surface area contributed by atoms with E-state index < -0.39 is 18.0 Å². The zero-order valence-corrected chi connectivity index (χ0v) is 16.3. The molecule has 29 heavy (non-hydrogen) atoms. The molecule has 3 atom stereocenters. The van der Waals surface area contributed by atoms with Crippen molar-refractivity contribution in [1.29, 1.82) is 0 Å². The lowest BCUT2D eigenvalue weighted by molar-refractivity contribution is -0.130. The average Bonchev–Trinajstić information content (AvgIpc) is 2.99. The summed E-state index contributed by atoms with van der Waals surface area (Å²) in [6, 6.07) is 4.83. The highest BCUT2D eigenvalue weighted by molar-refractivity contribution is 5.90. The van der Waals surface area contributed by atoms with Crippen LogP contribution >= 0.6 is 0 Å². The molecular formula is C19H23FN4O5. The number of hydrogen-bond donors (Lipinski definition) is 1. The average molecular weight is 406 g/mol. The van der Waals surface area contributed by atoms with Gasteiger partial charge in [0.2, 0.25) is 11.8 Å². The molecular weight excluding hydrogens is 383 g/mol. The number of cyclic esters (lactones) is 1. The summed E-state index contributed by atoms with van der Waals surface area (Å²) >= 11 is 0. The fourth-order valence-electron chi connectivity index (χ4n) is 4.06. The van der Waals surface area contributed by atoms with Gasteiger partial charge in [-0.25, -0.2) is 9.18 Å². The second kappa shape index (κ2) is 7.51. The van der Waals surface area contributed by atoms with Crippen molar-refractivity contribution < 1.29 is 28.2 Å². The maximum absolute atomic E-state index is 14.8. The van der Waals surface area contributed by atoms with E-state index in [2.05, 4.69) is 5.32 Å². The number of carbonyl (C=O) groups excluding carboxylic acids is 3. The lowest BCUT2D eigenvalue weighted by Crippen LogP contribution is -2.34. The lowest BCUT2D eigenvalue weighted by Gasteiger charge is -2.24. The second-order valence-electron chi connectivity index (χ2n) is 7.46. The number of hydrogen-bond acceptors (Lipinski definition) is 6. The minimum Gasteiger partial charge on any atom is -0.442 e. The molecule has 0 spiro atoms. The molecule has 0 aliphatic carbocycles. The first-order valence-electron chi connectivity index (χ1n) is 9.46. The van der Waals surface area contributed by atoms with E-state index in [-0.39, 0.29) is 43.6 Å². The van der Waals surface area contributed by atoms with E-state index in [4.69, 9.17) is 9.47 Å². The van der Waals surface area contributed by atoms with Crippen molar-refractivity contribution in [2.24, 2.45) is 0 Å². The number of benzene rings is 1. The molecule has 1 aromatic rings. The van der Waals surface area contributed by atoms with Crippen molar-refractivity contribution in [3.63, 3.8) is 0 Å². The summed E-state index contributed by atoms with van der Waals surface area (Å²) in [7, 11) is 1.48. The van der Waals surface area contributed by atoms with Gasteiger partial charge in [-0.15, -0.1) is 0 Å². The molecule has 0 radical (unpaired) electrons. The van der Waals surface area contributed by atoms with Crippen LogP contribution in [0.15, 0.2) is 18.2 Å². The molecule has 0 aromatic heterocycles. The third kappa shape index (κ3) is 3.71. The number of amides is 3. The summed E-state index contributed by atoms with van der Waals surface area (Å²) in [5.74, 6) is -0.683. The first-order valence-corrected chi connectivity index (χ1v) is 9.46. The van der Waals surface area contributed by atoms with Gasteiger partial charge < -0.3 is 24.6 Å². The van der Waals surface area contributed by atoms with Gasteiger partial charge >= 0.3 is 6.09 Å². The molecule has 2 unspecified atom stereocenters. The normalized spacial score (nSPS) is 25.1. The van der Waals surface area contributed by atoms with Crippen LogP contribution in [0.2, 0.25) is 0 Å². The number of nitrogens with one attached hydrogen (secondary N) is 1. The first kappa shape index (κ1) is 19.4. The number of anilines is 2. The van der Waals surface area contributed by atoms with Crippen molar-refractivity contribution in [2.75, 3.05) is 49.7 Å². The Kier molecular flexibility index (Phi) is 5.03. The zero-order chi connectivity index (χ0) is 20.7. The van der Waals surface area contributed by atoms with Crippen LogP contribution in [-0.4, -0.2) is 80.9 Å². The third-order valence-corrected chi connectivity index (χ3v) is 5.48. The molecule has 3 saturated heterocycles. The monoisotopic (exact) mass is 406 g/mol. The highest BCUT2D eigenvalue weighted by Crippen LogP contribution is 2.39. The van der Waals surface area contributed by atoms with Crippen LogP contribution in [0.1, 0.15) is 6.92 Å². The maximum Gasteiger partial charge on any atom is 0.414 e. The van der Waals surface area contributed by atoms with Crippen molar-refractivity contribution in [3.8, 4) is 0 Å². The summed E-state index contributed by atoms with van der Waals surface area (Å²) in [6.07, 6.45) is -1.04. The lowest BCUT2D eigenvalue weighted by atomic mass is 10.2. The van der Waals surface area contributed by atoms with Crippen LogP contribution in [-0.2, 0) is 19.1 Å². The smallest absolute Gasteiger partial charge is 0.414 e. The quantitative estimate of drug-likeness (QED) is 0.685. The van der Waals surface area contributed by atoms with E-state index in [1.165, 1.54) is 25.0 Å². The SMILES string of the molecule is COCC(=O)N1C2CN(c3ccc(N4C[C@H](CNC(C)=O)OC4=O)cc3F)CC21. The van der Waals surface area contributed by atoms with Gasteiger partial charge in [-0.3, -0.25) is 14.5 Å². The predicted octanol–water partition coefficient (Wildman–Crippen LogP) is 0.333. The predicted molar refractivity (Wildman–Crippen MR) is 101 cm³/mol. The number of rotatable bonds is 6. The molecule has 1 N–H and O–H groups in total. The van der Waals surface area contributed by atoms with E-state index in [9.17, 15) is 18.8 Å². The number of carbonyl (C=O) groups is 3. The molecule has 3 aliphatic rings. The van der Waals surface area contributed by atoms with Crippen molar-refractivity contribution >= 4 is 29.3 Å². The topological polar surface area (TPSA) is 91.2 Å². The molecule has 1 aromatic carbocycles. The van der Waals surface area contributed by atoms with Crippen molar-refractivity contribution in [2.45, 2.75) is 25.1 Å². The van der Waals surface area contributed by atoms with Gasteiger partial charge in [-0.2, -0.15) is 0 Å². The Hall–Kier alpha value is -2.88. The number of nitrogens with zero attached hydrogens (tertiary/aromatic N) is 3. The highest BCUT2D eigenvalue weighted by Gasteiger charge is 2.56. The number of fused-ring (bicyclic) bond motifs is 1. The Morgan fingerprint density at radius 3 is 2.62 bits per heavy atom. The van der Waals surface area contributed by atoms with Gasteiger partial charge in [-0.1, -0.05) is 0 Å². The van der Waals surface area contributed by atoms with Crippen LogP contribution in [0.25, 0.3) is 0 Å². The van der Waals surface area contributed by atoms with E-state index in [1.54, 1.807) is 17.0 Å². The van der Waals surface area contributed by atoms with E-state index >= 15 is 0 Å². The Balaban J connectivity index is 1.38. The van der Waals surface area contributed by atoms with Gasteiger partial charge in [0.1, 0.15) is 18.5 Å². The van der Waals surface area contributed by atoms with Crippen LogP contribution in [0, 0.1) is 5.82 Å². The summed E-state index contributed by atoms with van der Waals surface area (Å²) in [4.78, 5) is 40.0. The minimum absolute atomic E-state index is 0.0423. The molecule has 9 nitrogen and oxygen atoms in total. The Morgan fingerprint density at radius 1 is 1.28 bits per heavy atom. The fourth-order valence-corrected chi connectivity index (χ4v) is 4.06. The summed E-state index contributed by atoms with van der Waals surface area (Å²) < 4.78 is 24.9. The van der Waals surface area contributed by atoms with Crippen LogP contribution in [0.4, 0.5) is 20.6 Å². The molecule has 0 saturated carbocycles. The standard InChI is InChI=1S/C19H23FN4O5/c1-11(25)21-6-13-7-23(19(27)29-13)12-3-4-15(14(20)5-12)22-8-16-17(9-22)24(16)18(26)10-28-2/h3-5,13,16-17H,6-10H2,1-2H3,(H,21,25)/t13-,16?,17?,24?/m0/s1. The minimum atomic E-state index is -0.567. The third-order valence-electron chi connectivity index (χ3n) is 5.48. The Morgan fingerprint density at radius 2 is 2.00 bits per heavy atom. The van der Waals surface area contributed by atoms with Gasteiger partial charge in [0.25, 0.3) is 0 Å². The number of piperazine rings is 1. The van der Waals surface area contributed by atoms with Crippen LogP contribution in [0.5, 0.6) is 0 Å². The summed E-state index contributed by atoms with van der Waals surface area (Å²) in [6.45, 7) is 3.04. The number of ether oxygens (including phenoxy) is 2. The molecule has 4 rings (SSSR count). The summed E-state index contributed by atoms with van der Waals surface area (Å²) in [5, 5.41) is 2.61. The van der Waals surface area contributed by atoms with E-state index in [0.29, 0.717) is 24.5 Å². The largest absolute Gasteiger partial charge is 0.442 e. The number of halogens is 1. The number of methoxy groups -OCH3 is 1. The molecule has 3 heterocycles. The molecule has 10 heteroatoms. The fraction of sp³-hybridized carbons (Fsp3) is 0.526. The summed E-state index contributed by atoms with van der Waals surface area (Å²) in [5.41, 5.74) is 0.852. The first-order chi connectivity index (χ1) is 13.9. The maximum atomic E-state index is 14.8. The van der Waals surface area contributed by atoms with Crippen molar-refractivity contribution in [1.82, 2.24) is 10.2 Å². The van der Waals surface area contributed by atoms with Crippen molar-refractivity contribution in [3.05, 3.63) is 24.0 Å². The van der Waals surface area contributed by atoms with Crippen LogP contribution < -0.4 is 15.1 Å². The Bertz CT molecular complexity index is 838. The highest BCUT2D eigenvalue weighted by atomic mass is 19.1. The second-order valence-corrected chi connectivity index (χ2v) is 7.46.